The molecular formula is C17H15NO4. The molecule has 0 aliphatic heterocycles. The minimum Gasteiger partial charge on any atom is -0.497 e. The van der Waals surface area contributed by atoms with Crippen molar-refractivity contribution in [1.29, 1.82) is 0 Å². The van der Waals surface area contributed by atoms with Crippen LogP contribution in [0.3, 0.4) is 0 Å². The fraction of sp³-hybridized carbons (Fsp3) is 0.118. The van der Waals surface area contributed by atoms with Crippen molar-refractivity contribution in [2.75, 3.05) is 12.8 Å². The zero-order valence-electron chi connectivity index (χ0n) is 12.0. The van der Waals surface area contributed by atoms with Crippen LogP contribution >= 0.6 is 0 Å². The third kappa shape index (κ3) is 2.88. The molecule has 0 aliphatic carbocycles. The third-order valence-corrected chi connectivity index (χ3v) is 3.31. The van der Waals surface area contributed by atoms with Crippen LogP contribution in [0.1, 0.15) is 5.56 Å². The lowest BCUT2D eigenvalue weighted by atomic mass is 10.1. The molecule has 112 valence electrons. The maximum Gasteiger partial charge on any atom is 0.336 e. The SMILES string of the molecule is COc1ccc2c(COc3ccc(N)cc3)cc(=O)oc2c1. The van der Waals surface area contributed by atoms with Crippen molar-refractivity contribution in [2.45, 2.75) is 6.61 Å². The van der Waals surface area contributed by atoms with E-state index < -0.39 is 5.63 Å². The van der Waals surface area contributed by atoms with E-state index in [1.165, 1.54) is 6.07 Å². The molecule has 0 aliphatic rings. The summed E-state index contributed by atoms with van der Waals surface area (Å²) in [6.07, 6.45) is 0. The van der Waals surface area contributed by atoms with E-state index in [9.17, 15) is 4.79 Å². The zero-order chi connectivity index (χ0) is 15.5. The Hall–Kier alpha value is -2.95. The highest BCUT2D eigenvalue weighted by Crippen LogP contribution is 2.23. The van der Waals surface area contributed by atoms with Gasteiger partial charge in [0.2, 0.25) is 0 Å². The molecule has 2 N–H and O–H groups in total. The maximum absolute atomic E-state index is 11.7. The Labute approximate surface area is 126 Å². The van der Waals surface area contributed by atoms with Crippen molar-refractivity contribution in [2.24, 2.45) is 0 Å². The summed E-state index contributed by atoms with van der Waals surface area (Å²) in [5.41, 5.74) is 7.12. The fourth-order valence-electron chi connectivity index (χ4n) is 2.18. The van der Waals surface area contributed by atoms with Crippen molar-refractivity contribution < 1.29 is 13.9 Å². The van der Waals surface area contributed by atoms with E-state index in [0.29, 0.717) is 22.8 Å². The smallest absolute Gasteiger partial charge is 0.336 e. The van der Waals surface area contributed by atoms with Gasteiger partial charge in [-0.15, -0.1) is 0 Å². The summed E-state index contributed by atoms with van der Waals surface area (Å²) in [6.45, 7) is 0.262. The van der Waals surface area contributed by atoms with Crippen molar-refractivity contribution in [3.63, 3.8) is 0 Å². The van der Waals surface area contributed by atoms with Crippen LogP contribution in [0.15, 0.2) is 57.7 Å². The second-order valence-electron chi connectivity index (χ2n) is 4.81. The number of nitrogen functional groups attached to an aromatic ring is 1. The zero-order valence-corrected chi connectivity index (χ0v) is 12.0. The van der Waals surface area contributed by atoms with Gasteiger partial charge in [-0.05, 0) is 36.4 Å². The monoisotopic (exact) mass is 297 g/mol. The first-order chi connectivity index (χ1) is 10.7. The van der Waals surface area contributed by atoms with Crippen molar-refractivity contribution in [3.8, 4) is 11.5 Å². The van der Waals surface area contributed by atoms with Gasteiger partial charge in [0.25, 0.3) is 0 Å². The topological polar surface area (TPSA) is 74.7 Å². The number of hydrogen-bond donors (Lipinski definition) is 1. The van der Waals surface area contributed by atoms with Crippen LogP contribution in [0.5, 0.6) is 11.5 Å². The van der Waals surface area contributed by atoms with E-state index in [2.05, 4.69) is 0 Å². The highest BCUT2D eigenvalue weighted by molar-refractivity contribution is 5.81. The van der Waals surface area contributed by atoms with E-state index in [-0.39, 0.29) is 6.61 Å². The predicted octanol–water partition coefficient (Wildman–Crippen LogP) is 2.96. The minimum atomic E-state index is -0.420. The maximum atomic E-state index is 11.7. The lowest BCUT2D eigenvalue weighted by Crippen LogP contribution is -2.04. The average Bonchev–Trinajstić information content (AvgIpc) is 2.53. The summed E-state index contributed by atoms with van der Waals surface area (Å²) in [5, 5.41) is 0.816. The second kappa shape index (κ2) is 5.81. The minimum absolute atomic E-state index is 0.262. The van der Waals surface area contributed by atoms with Crippen LogP contribution in [0.4, 0.5) is 5.69 Å². The molecule has 0 unspecified atom stereocenters. The van der Waals surface area contributed by atoms with E-state index in [1.54, 1.807) is 37.4 Å². The summed E-state index contributed by atoms with van der Waals surface area (Å²) in [7, 11) is 1.56. The van der Waals surface area contributed by atoms with Gasteiger partial charge in [-0.1, -0.05) is 0 Å². The summed E-state index contributed by atoms with van der Waals surface area (Å²) in [4.78, 5) is 11.7. The Bertz CT molecular complexity index is 853. The average molecular weight is 297 g/mol. The van der Waals surface area contributed by atoms with Gasteiger partial charge in [-0.3, -0.25) is 0 Å². The number of benzene rings is 2. The highest BCUT2D eigenvalue weighted by Gasteiger charge is 2.08. The number of rotatable bonds is 4. The van der Waals surface area contributed by atoms with Gasteiger partial charge in [-0.2, -0.15) is 0 Å². The van der Waals surface area contributed by atoms with Crippen molar-refractivity contribution in [3.05, 3.63) is 64.5 Å². The third-order valence-electron chi connectivity index (χ3n) is 3.31. The van der Waals surface area contributed by atoms with Crippen LogP contribution in [-0.4, -0.2) is 7.11 Å². The molecule has 5 heteroatoms. The Balaban J connectivity index is 1.92. The number of nitrogens with two attached hydrogens (primary N) is 1. The summed E-state index contributed by atoms with van der Waals surface area (Å²) < 4.78 is 16.0. The van der Waals surface area contributed by atoms with Gasteiger partial charge in [0.15, 0.2) is 0 Å². The molecular weight excluding hydrogens is 282 g/mol. The van der Waals surface area contributed by atoms with E-state index >= 15 is 0 Å². The lowest BCUT2D eigenvalue weighted by Gasteiger charge is -2.09. The summed E-state index contributed by atoms with van der Waals surface area (Å²) in [5.74, 6) is 1.32. The molecule has 0 amide bonds. The summed E-state index contributed by atoms with van der Waals surface area (Å²) >= 11 is 0. The lowest BCUT2D eigenvalue weighted by molar-refractivity contribution is 0.306. The Morgan fingerprint density at radius 1 is 1.05 bits per heavy atom. The number of fused-ring (bicyclic) bond motifs is 1. The Morgan fingerprint density at radius 2 is 1.77 bits per heavy atom. The molecule has 0 saturated heterocycles. The van der Waals surface area contributed by atoms with Gasteiger partial charge in [0, 0.05) is 28.8 Å². The first kappa shape index (κ1) is 14.0. The van der Waals surface area contributed by atoms with Crippen LogP contribution in [0.25, 0.3) is 11.0 Å². The first-order valence-corrected chi connectivity index (χ1v) is 6.75. The van der Waals surface area contributed by atoms with Crippen LogP contribution < -0.4 is 20.8 Å². The molecule has 5 nitrogen and oxygen atoms in total. The highest BCUT2D eigenvalue weighted by atomic mass is 16.5. The Kier molecular flexibility index (Phi) is 3.70. The molecule has 0 atom stereocenters. The number of hydrogen-bond acceptors (Lipinski definition) is 5. The number of methoxy groups -OCH3 is 1. The normalized spacial score (nSPS) is 10.6. The number of ether oxygens (including phenoxy) is 2. The molecule has 3 aromatic rings. The van der Waals surface area contributed by atoms with Crippen molar-refractivity contribution >= 4 is 16.7 Å². The van der Waals surface area contributed by atoms with Crippen LogP contribution in [-0.2, 0) is 6.61 Å². The van der Waals surface area contributed by atoms with E-state index in [1.807, 2.05) is 12.1 Å². The molecule has 0 radical (unpaired) electrons. The fourth-order valence-corrected chi connectivity index (χ4v) is 2.18. The molecule has 0 saturated carbocycles. The Morgan fingerprint density at radius 3 is 2.50 bits per heavy atom. The molecule has 1 heterocycles. The number of anilines is 1. The molecule has 0 bridgehead atoms. The van der Waals surface area contributed by atoms with Crippen LogP contribution in [0.2, 0.25) is 0 Å². The largest absolute Gasteiger partial charge is 0.497 e. The van der Waals surface area contributed by atoms with Gasteiger partial charge in [0.05, 0.1) is 7.11 Å². The van der Waals surface area contributed by atoms with Crippen molar-refractivity contribution in [1.82, 2.24) is 0 Å². The molecule has 0 fully saturated rings. The predicted molar refractivity (Wildman–Crippen MR) is 84.2 cm³/mol. The van der Waals surface area contributed by atoms with Gasteiger partial charge < -0.3 is 19.6 Å². The molecule has 0 spiro atoms. The molecule has 1 aromatic heterocycles. The van der Waals surface area contributed by atoms with Gasteiger partial charge in [-0.25, -0.2) is 4.79 Å². The molecule has 2 aromatic carbocycles. The second-order valence-corrected chi connectivity index (χ2v) is 4.81. The van der Waals surface area contributed by atoms with E-state index in [4.69, 9.17) is 19.6 Å². The standard InChI is InChI=1S/C17H15NO4/c1-20-14-6-7-15-11(8-17(19)22-16(15)9-14)10-21-13-4-2-12(18)3-5-13/h2-9H,10,18H2,1H3. The van der Waals surface area contributed by atoms with E-state index in [0.717, 1.165) is 10.9 Å². The quantitative estimate of drug-likeness (QED) is 0.592. The first-order valence-electron chi connectivity index (χ1n) is 6.75. The van der Waals surface area contributed by atoms with Gasteiger partial charge in [0.1, 0.15) is 23.7 Å². The van der Waals surface area contributed by atoms with Crippen LogP contribution in [0, 0.1) is 0 Å². The molecule has 22 heavy (non-hydrogen) atoms. The molecule has 3 rings (SSSR count). The summed E-state index contributed by atoms with van der Waals surface area (Å²) in [6, 6.07) is 13.9. The van der Waals surface area contributed by atoms with Gasteiger partial charge >= 0.3 is 5.63 Å².